The average Bonchev–Trinajstić information content (AvgIpc) is 3.67. The maximum atomic E-state index is 6.95. The van der Waals surface area contributed by atoms with Crippen molar-refractivity contribution in [3.63, 3.8) is 0 Å². The Morgan fingerprint density at radius 1 is 0.500 bits per heavy atom. The van der Waals surface area contributed by atoms with Crippen LogP contribution in [0.4, 0.5) is 17.1 Å². The van der Waals surface area contributed by atoms with E-state index in [0.717, 1.165) is 27.9 Å². The van der Waals surface area contributed by atoms with Gasteiger partial charge >= 0.3 is 0 Å². The molecule has 0 radical (unpaired) electrons. The Kier molecular flexibility index (Phi) is 6.77. The van der Waals surface area contributed by atoms with Crippen LogP contribution in [0.2, 0.25) is 0 Å². The third-order valence-electron chi connectivity index (χ3n) is 12.1. The molecule has 260 valence electrons. The number of hydrogen-bond acceptors (Lipinski definition) is 2. The van der Waals surface area contributed by atoms with Crippen molar-refractivity contribution < 1.29 is 4.42 Å². The Balaban J connectivity index is 1.31. The predicted octanol–water partition coefficient (Wildman–Crippen LogP) is 14.3. The number of rotatable bonds is 3. The lowest BCUT2D eigenvalue weighted by molar-refractivity contribution is 0.559. The summed E-state index contributed by atoms with van der Waals surface area (Å²) in [7, 11) is 0. The van der Waals surface area contributed by atoms with Crippen molar-refractivity contribution in [1.82, 2.24) is 0 Å². The molecule has 7 aromatic rings. The minimum absolute atomic E-state index is 0.0214. The van der Waals surface area contributed by atoms with Gasteiger partial charge in [0.2, 0.25) is 0 Å². The second-order valence-electron chi connectivity index (χ2n) is 18.3. The molecule has 0 saturated heterocycles. The van der Waals surface area contributed by atoms with Crippen molar-refractivity contribution in [2.75, 3.05) is 4.90 Å². The van der Waals surface area contributed by atoms with Crippen LogP contribution in [-0.2, 0) is 21.7 Å². The number of hydrogen-bond donors (Lipinski definition) is 0. The highest BCUT2D eigenvalue weighted by atomic mass is 16.3. The third kappa shape index (κ3) is 4.62. The Labute approximate surface area is 309 Å². The summed E-state index contributed by atoms with van der Waals surface area (Å²) < 4.78 is 6.95. The quantitative estimate of drug-likeness (QED) is 0.185. The second-order valence-corrected chi connectivity index (χ2v) is 18.3. The first-order valence-corrected chi connectivity index (χ1v) is 18.9. The van der Waals surface area contributed by atoms with Gasteiger partial charge in [0.05, 0.1) is 5.69 Å². The van der Waals surface area contributed by atoms with E-state index in [1.54, 1.807) is 0 Å². The fourth-order valence-corrected chi connectivity index (χ4v) is 9.26. The fraction of sp³-hybridized carbons (Fsp3) is 0.280. The van der Waals surface area contributed by atoms with Crippen molar-refractivity contribution in [3.05, 3.63) is 149 Å². The minimum Gasteiger partial charge on any atom is -0.456 e. The first-order chi connectivity index (χ1) is 24.6. The van der Waals surface area contributed by atoms with Crippen LogP contribution < -0.4 is 4.90 Å². The lowest BCUT2D eigenvalue weighted by atomic mass is 9.79. The highest BCUT2D eigenvalue weighted by molar-refractivity contribution is 6.08. The van der Waals surface area contributed by atoms with E-state index in [0.29, 0.717) is 0 Å². The molecule has 0 N–H and O–H groups in total. The highest BCUT2D eigenvalue weighted by Crippen LogP contribution is 2.56. The summed E-state index contributed by atoms with van der Waals surface area (Å²) in [6.07, 6.45) is 0. The molecule has 1 heterocycles. The zero-order valence-electron chi connectivity index (χ0n) is 32.3. The first kappa shape index (κ1) is 32.8. The molecule has 0 spiro atoms. The summed E-state index contributed by atoms with van der Waals surface area (Å²) in [5.41, 5.74) is 18.4. The van der Waals surface area contributed by atoms with E-state index in [2.05, 4.69) is 189 Å². The summed E-state index contributed by atoms with van der Waals surface area (Å²) in [5, 5.41) is 2.35. The molecule has 2 heteroatoms. The molecule has 52 heavy (non-hydrogen) atoms. The van der Waals surface area contributed by atoms with Gasteiger partial charge in [0.1, 0.15) is 11.2 Å². The summed E-state index contributed by atoms with van der Waals surface area (Å²) in [4.78, 5) is 2.49. The standard InChI is InChI=1S/C50H49NO/c1-47(2,3)30-26-38-36-25-23-32(29-44(36)52-46(38)42(27-30)48(4,5)6)51(31-22-24-35-33-16-11-13-19-39(33)49(7,8)41(35)28-31)43-21-15-18-37-34-17-12-14-20-40(34)50(9,10)45(37)43/h11-29H,1-10H3. The zero-order valence-corrected chi connectivity index (χ0v) is 32.3. The zero-order chi connectivity index (χ0) is 36.5. The van der Waals surface area contributed by atoms with Gasteiger partial charge in [-0.25, -0.2) is 0 Å². The number of nitrogens with zero attached hydrogens (tertiary/aromatic N) is 1. The molecular weight excluding hydrogens is 631 g/mol. The van der Waals surface area contributed by atoms with Gasteiger partial charge in [-0.3, -0.25) is 0 Å². The van der Waals surface area contributed by atoms with Crippen molar-refractivity contribution in [2.24, 2.45) is 0 Å². The van der Waals surface area contributed by atoms with Crippen LogP contribution in [0.25, 0.3) is 44.2 Å². The predicted molar refractivity (Wildman–Crippen MR) is 221 cm³/mol. The largest absolute Gasteiger partial charge is 0.456 e. The molecule has 2 nitrogen and oxygen atoms in total. The maximum Gasteiger partial charge on any atom is 0.139 e. The molecule has 0 saturated carbocycles. The van der Waals surface area contributed by atoms with Crippen LogP contribution in [0.15, 0.2) is 120 Å². The summed E-state index contributed by atoms with van der Waals surface area (Å²) in [6.45, 7) is 23.3. The molecule has 6 aromatic carbocycles. The molecule has 0 fully saturated rings. The molecule has 0 bridgehead atoms. The Bertz CT molecular complexity index is 2600. The van der Waals surface area contributed by atoms with Gasteiger partial charge in [-0.2, -0.15) is 0 Å². The molecule has 0 aliphatic heterocycles. The van der Waals surface area contributed by atoms with E-state index in [1.807, 2.05) is 0 Å². The van der Waals surface area contributed by atoms with Crippen LogP contribution in [0.3, 0.4) is 0 Å². The topological polar surface area (TPSA) is 16.4 Å². The van der Waals surface area contributed by atoms with E-state index in [9.17, 15) is 0 Å². The molecule has 0 atom stereocenters. The summed E-state index contributed by atoms with van der Waals surface area (Å²) >= 11 is 0. The van der Waals surface area contributed by atoms with Gasteiger partial charge in [0, 0.05) is 44.6 Å². The van der Waals surface area contributed by atoms with Crippen LogP contribution in [0, 0.1) is 0 Å². The van der Waals surface area contributed by atoms with Crippen LogP contribution in [0.1, 0.15) is 103 Å². The van der Waals surface area contributed by atoms with E-state index >= 15 is 0 Å². The van der Waals surface area contributed by atoms with Gasteiger partial charge in [0.15, 0.2) is 0 Å². The third-order valence-corrected chi connectivity index (χ3v) is 12.1. The summed E-state index contributed by atoms with van der Waals surface area (Å²) in [5.74, 6) is 0. The maximum absolute atomic E-state index is 6.95. The average molecular weight is 680 g/mol. The molecule has 2 aliphatic carbocycles. The SMILES string of the molecule is CC(C)(C)c1cc(C(C)(C)C)c2oc3cc(N(c4ccc5c(c4)C(C)(C)c4ccccc4-5)c4cccc5c4C(C)(C)c4ccccc4-5)ccc3c2c1. The summed E-state index contributed by atoms with van der Waals surface area (Å²) in [6, 6.07) is 43.4. The van der Waals surface area contributed by atoms with Crippen molar-refractivity contribution in [1.29, 1.82) is 0 Å². The number of fused-ring (bicyclic) bond motifs is 9. The highest BCUT2D eigenvalue weighted by Gasteiger charge is 2.40. The van der Waals surface area contributed by atoms with Gasteiger partial charge < -0.3 is 9.32 Å². The van der Waals surface area contributed by atoms with Gasteiger partial charge in [-0.05, 0) is 97.3 Å². The van der Waals surface area contributed by atoms with Gasteiger partial charge in [-0.15, -0.1) is 0 Å². The molecule has 2 aliphatic rings. The Hall–Kier alpha value is -5.08. The molecule has 9 rings (SSSR count). The molecular formula is C50H49NO. The van der Waals surface area contributed by atoms with Crippen LogP contribution in [0.5, 0.6) is 0 Å². The van der Waals surface area contributed by atoms with E-state index in [4.69, 9.17) is 4.42 Å². The molecule has 0 amide bonds. The van der Waals surface area contributed by atoms with Crippen molar-refractivity contribution in [3.8, 4) is 22.3 Å². The van der Waals surface area contributed by atoms with E-state index < -0.39 is 0 Å². The smallest absolute Gasteiger partial charge is 0.139 e. The monoisotopic (exact) mass is 679 g/mol. The molecule has 1 aromatic heterocycles. The Morgan fingerprint density at radius 2 is 1.10 bits per heavy atom. The van der Waals surface area contributed by atoms with Gasteiger partial charge in [-0.1, -0.05) is 142 Å². The minimum atomic E-state index is -0.179. The lowest BCUT2D eigenvalue weighted by Crippen LogP contribution is -2.21. The molecule has 0 unspecified atom stereocenters. The number of anilines is 3. The van der Waals surface area contributed by atoms with Crippen LogP contribution in [-0.4, -0.2) is 0 Å². The van der Waals surface area contributed by atoms with Crippen molar-refractivity contribution >= 4 is 39.0 Å². The normalized spacial score (nSPS) is 15.4. The fourth-order valence-electron chi connectivity index (χ4n) is 9.26. The second kappa shape index (κ2) is 10.7. The Morgan fingerprint density at radius 3 is 1.79 bits per heavy atom. The van der Waals surface area contributed by atoms with Crippen molar-refractivity contribution in [2.45, 2.75) is 90.9 Å². The lowest BCUT2D eigenvalue weighted by Gasteiger charge is -2.33. The first-order valence-electron chi connectivity index (χ1n) is 18.9. The van der Waals surface area contributed by atoms with Crippen LogP contribution >= 0.6 is 0 Å². The van der Waals surface area contributed by atoms with E-state index in [1.165, 1.54) is 66.7 Å². The number of furan rings is 1. The van der Waals surface area contributed by atoms with E-state index in [-0.39, 0.29) is 21.7 Å². The van der Waals surface area contributed by atoms with Gasteiger partial charge in [0.25, 0.3) is 0 Å². The number of benzene rings is 6.